The van der Waals surface area contributed by atoms with Gasteiger partial charge in [-0.1, -0.05) is 12.1 Å². The van der Waals surface area contributed by atoms with Crippen molar-refractivity contribution in [2.24, 2.45) is 5.73 Å². The second kappa shape index (κ2) is 6.31. The fourth-order valence-corrected chi connectivity index (χ4v) is 2.49. The van der Waals surface area contributed by atoms with Crippen molar-refractivity contribution in [3.05, 3.63) is 72.1 Å². The maximum Gasteiger partial charge on any atom is 0.248 e. The number of carbonyl (C=O) groups is 1. The molecule has 0 aliphatic heterocycles. The number of hydrogen-bond acceptors (Lipinski definition) is 3. The standard InChI is InChI=1S/C19H15N3O2/c1-24-17-8-4-13(5-9-17)18-12-22(11-15(18)10-20)16-6-2-14(3-7-16)19(21)23/h2-9,11-12H,1H3,(H2,21,23). The van der Waals surface area contributed by atoms with Crippen molar-refractivity contribution in [2.75, 3.05) is 7.11 Å². The van der Waals surface area contributed by atoms with Crippen LogP contribution in [0.1, 0.15) is 15.9 Å². The normalized spacial score (nSPS) is 10.2. The molecule has 5 nitrogen and oxygen atoms in total. The number of amides is 1. The van der Waals surface area contributed by atoms with Crippen LogP contribution < -0.4 is 10.5 Å². The lowest BCUT2D eigenvalue weighted by atomic mass is 10.1. The zero-order valence-corrected chi connectivity index (χ0v) is 13.1. The summed E-state index contributed by atoms with van der Waals surface area (Å²) in [7, 11) is 1.61. The largest absolute Gasteiger partial charge is 0.497 e. The van der Waals surface area contributed by atoms with Gasteiger partial charge in [-0.05, 0) is 42.0 Å². The molecule has 0 saturated heterocycles. The van der Waals surface area contributed by atoms with Gasteiger partial charge in [0, 0.05) is 29.2 Å². The van der Waals surface area contributed by atoms with Gasteiger partial charge in [-0.15, -0.1) is 0 Å². The monoisotopic (exact) mass is 317 g/mol. The molecule has 5 heteroatoms. The fourth-order valence-electron chi connectivity index (χ4n) is 2.49. The van der Waals surface area contributed by atoms with Crippen molar-refractivity contribution in [3.8, 4) is 28.6 Å². The van der Waals surface area contributed by atoms with Gasteiger partial charge in [-0.25, -0.2) is 0 Å². The molecular weight excluding hydrogens is 302 g/mol. The summed E-state index contributed by atoms with van der Waals surface area (Å²) in [6.45, 7) is 0. The number of methoxy groups -OCH3 is 1. The summed E-state index contributed by atoms with van der Waals surface area (Å²) in [4.78, 5) is 11.2. The van der Waals surface area contributed by atoms with E-state index in [0.717, 1.165) is 22.6 Å². The van der Waals surface area contributed by atoms with Gasteiger partial charge in [0.25, 0.3) is 0 Å². The molecule has 0 radical (unpaired) electrons. The van der Waals surface area contributed by atoms with Crippen molar-refractivity contribution in [2.45, 2.75) is 0 Å². The van der Waals surface area contributed by atoms with Crippen LogP contribution in [0.3, 0.4) is 0 Å². The Bertz CT molecular complexity index is 917. The van der Waals surface area contributed by atoms with Crippen LogP contribution in [0.2, 0.25) is 0 Å². The number of hydrogen-bond donors (Lipinski definition) is 1. The predicted molar refractivity (Wildman–Crippen MR) is 91.0 cm³/mol. The third kappa shape index (κ3) is 2.85. The summed E-state index contributed by atoms with van der Waals surface area (Å²) in [5.74, 6) is 0.296. The lowest BCUT2D eigenvalue weighted by Crippen LogP contribution is -2.10. The number of nitriles is 1. The molecule has 118 valence electrons. The minimum Gasteiger partial charge on any atom is -0.497 e. The Hall–Kier alpha value is -3.52. The molecular formula is C19H15N3O2. The average Bonchev–Trinajstić information content (AvgIpc) is 3.06. The molecule has 2 N–H and O–H groups in total. The molecule has 3 aromatic rings. The van der Waals surface area contributed by atoms with Gasteiger partial charge in [0.2, 0.25) is 5.91 Å². The van der Waals surface area contributed by atoms with E-state index >= 15 is 0 Å². The number of ether oxygens (including phenoxy) is 1. The van der Waals surface area contributed by atoms with E-state index in [-0.39, 0.29) is 0 Å². The first-order valence-electron chi connectivity index (χ1n) is 7.29. The van der Waals surface area contributed by atoms with Crippen LogP contribution in [0.15, 0.2) is 60.9 Å². The van der Waals surface area contributed by atoms with Crippen molar-refractivity contribution in [3.63, 3.8) is 0 Å². The molecule has 1 aromatic heterocycles. The van der Waals surface area contributed by atoms with E-state index in [1.807, 2.05) is 35.0 Å². The minimum atomic E-state index is -0.467. The maximum absolute atomic E-state index is 11.2. The fraction of sp³-hybridized carbons (Fsp3) is 0.0526. The first kappa shape index (κ1) is 15.4. The third-order valence-electron chi connectivity index (χ3n) is 3.80. The highest BCUT2D eigenvalue weighted by Gasteiger charge is 2.10. The zero-order valence-electron chi connectivity index (χ0n) is 13.1. The van der Waals surface area contributed by atoms with Gasteiger partial charge in [0.1, 0.15) is 11.8 Å². The lowest BCUT2D eigenvalue weighted by Gasteiger charge is -2.04. The van der Waals surface area contributed by atoms with E-state index in [9.17, 15) is 10.1 Å². The molecule has 0 spiro atoms. The molecule has 1 amide bonds. The van der Waals surface area contributed by atoms with Crippen LogP contribution in [0.25, 0.3) is 16.8 Å². The summed E-state index contributed by atoms with van der Waals surface area (Å²) in [6, 6.07) is 16.7. The number of aromatic nitrogens is 1. The first-order chi connectivity index (χ1) is 11.6. The van der Waals surface area contributed by atoms with Gasteiger partial charge >= 0.3 is 0 Å². The molecule has 0 unspecified atom stereocenters. The highest BCUT2D eigenvalue weighted by Crippen LogP contribution is 2.28. The SMILES string of the molecule is COc1ccc(-c2cn(-c3ccc(C(N)=O)cc3)cc2C#N)cc1. The highest BCUT2D eigenvalue weighted by molar-refractivity contribution is 5.92. The second-order valence-corrected chi connectivity index (χ2v) is 5.24. The molecule has 0 bridgehead atoms. The molecule has 0 aliphatic rings. The molecule has 24 heavy (non-hydrogen) atoms. The number of nitrogens with two attached hydrogens (primary N) is 1. The molecule has 0 atom stereocenters. The van der Waals surface area contributed by atoms with Crippen LogP contribution in [-0.4, -0.2) is 17.6 Å². The summed E-state index contributed by atoms with van der Waals surface area (Å²) in [5, 5.41) is 9.41. The quantitative estimate of drug-likeness (QED) is 0.802. The van der Waals surface area contributed by atoms with E-state index < -0.39 is 5.91 Å². The molecule has 3 rings (SSSR count). The van der Waals surface area contributed by atoms with Gasteiger partial charge < -0.3 is 15.0 Å². The molecule has 0 aliphatic carbocycles. The zero-order chi connectivity index (χ0) is 17.1. The number of nitrogens with zero attached hydrogens (tertiary/aromatic N) is 2. The molecule has 0 fully saturated rings. The van der Waals surface area contributed by atoms with Gasteiger partial charge in [0.15, 0.2) is 0 Å². The minimum absolute atomic E-state index is 0.446. The summed E-state index contributed by atoms with van der Waals surface area (Å²) >= 11 is 0. The van der Waals surface area contributed by atoms with Crippen LogP contribution in [-0.2, 0) is 0 Å². The van der Waals surface area contributed by atoms with Gasteiger partial charge in [-0.2, -0.15) is 5.26 Å². The van der Waals surface area contributed by atoms with E-state index in [2.05, 4.69) is 6.07 Å². The Kier molecular flexibility index (Phi) is 4.04. The number of rotatable bonds is 4. The van der Waals surface area contributed by atoms with Crippen molar-refractivity contribution in [1.29, 1.82) is 5.26 Å². The van der Waals surface area contributed by atoms with Crippen molar-refractivity contribution < 1.29 is 9.53 Å². The van der Waals surface area contributed by atoms with Crippen LogP contribution in [0, 0.1) is 11.3 Å². The summed E-state index contributed by atoms with van der Waals surface area (Å²) < 4.78 is 7.01. The Morgan fingerprint density at radius 1 is 1.08 bits per heavy atom. The Morgan fingerprint density at radius 3 is 2.29 bits per heavy atom. The molecule has 1 heterocycles. The Balaban J connectivity index is 2.00. The second-order valence-electron chi connectivity index (χ2n) is 5.24. The van der Waals surface area contributed by atoms with Crippen LogP contribution >= 0.6 is 0 Å². The van der Waals surface area contributed by atoms with E-state index in [4.69, 9.17) is 10.5 Å². The lowest BCUT2D eigenvalue weighted by molar-refractivity contribution is 0.100. The van der Waals surface area contributed by atoms with Crippen molar-refractivity contribution in [1.82, 2.24) is 4.57 Å². The van der Waals surface area contributed by atoms with Gasteiger partial charge in [0.05, 0.1) is 12.7 Å². The summed E-state index contributed by atoms with van der Waals surface area (Å²) in [6.07, 6.45) is 3.65. The van der Waals surface area contributed by atoms with Gasteiger partial charge in [-0.3, -0.25) is 4.79 Å². The topological polar surface area (TPSA) is 81.0 Å². The predicted octanol–water partition coefficient (Wildman–Crippen LogP) is 3.12. The number of carbonyl (C=O) groups excluding carboxylic acids is 1. The van der Waals surface area contributed by atoms with Crippen LogP contribution in [0.5, 0.6) is 5.75 Å². The molecule has 2 aromatic carbocycles. The highest BCUT2D eigenvalue weighted by atomic mass is 16.5. The van der Waals surface area contributed by atoms with Crippen LogP contribution in [0.4, 0.5) is 0 Å². The van der Waals surface area contributed by atoms with E-state index in [1.54, 1.807) is 37.6 Å². The summed E-state index contributed by atoms with van der Waals surface area (Å²) in [5.41, 5.74) is 8.87. The van der Waals surface area contributed by atoms with E-state index in [0.29, 0.717) is 11.1 Å². The smallest absolute Gasteiger partial charge is 0.248 e. The number of benzene rings is 2. The maximum atomic E-state index is 11.2. The molecule has 0 saturated carbocycles. The average molecular weight is 317 g/mol. The third-order valence-corrected chi connectivity index (χ3v) is 3.80. The van der Waals surface area contributed by atoms with Crippen molar-refractivity contribution >= 4 is 5.91 Å². The first-order valence-corrected chi connectivity index (χ1v) is 7.29. The Morgan fingerprint density at radius 2 is 1.75 bits per heavy atom. The van der Waals surface area contributed by atoms with E-state index in [1.165, 1.54) is 0 Å². The number of primary amides is 1. The Labute approximate surface area is 139 Å².